The molecule has 7 heteroatoms. The SMILES string of the molecule is O=C1CNC(=O)[C@H](Cc2ccccc2C(F)(F)F)N1. The minimum Gasteiger partial charge on any atom is -0.345 e. The van der Waals surface area contributed by atoms with Gasteiger partial charge < -0.3 is 10.6 Å². The summed E-state index contributed by atoms with van der Waals surface area (Å²) < 4.78 is 38.4. The highest BCUT2D eigenvalue weighted by Gasteiger charge is 2.35. The van der Waals surface area contributed by atoms with Gasteiger partial charge in [0.2, 0.25) is 11.8 Å². The van der Waals surface area contributed by atoms with E-state index in [9.17, 15) is 22.8 Å². The first-order chi connectivity index (χ1) is 8.88. The highest BCUT2D eigenvalue weighted by molar-refractivity contribution is 5.94. The molecule has 1 saturated heterocycles. The van der Waals surface area contributed by atoms with Crippen LogP contribution in [0.3, 0.4) is 0 Å². The third-order valence-corrected chi connectivity index (χ3v) is 2.82. The summed E-state index contributed by atoms with van der Waals surface area (Å²) in [5, 5.41) is 4.70. The van der Waals surface area contributed by atoms with Crippen molar-refractivity contribution in [3.8, 4) is 0 Å². The van der Waals surface area contributed by atoms with Crippen LogP contribution in [0.15, 0.2) is 24.3 Å². The summed E-state index contributed by atoms with van der Waals surface area (Å²) in [6, 6.07) is 4.04. The highest BCUT2D eigenvalue weighted by Crippen LogP contribution is 2.32. The van der Waals surface area contributed by atoms with Gasteiger partial charge in [-0.3, -0.25) is 9.59 Å². The van der Waals surface area contributed by atoms with E-state index in [-0.39, 0.29) is 18.5 Å². The van der Waals surface area contributed by atoms with Gasteiger partial charge in [0.25, 0.3) is 0 Å². The van der Waals surface area contributed by atoms with Crippen molar-refractivity contribution in [2.75, 3.05) is 6.54 Å². The van der Waals surface area contributed by atoms with Gasteiger partial charge in [0, 0.05) is 6.42 Å². The number of amides is 2. The molecule has 0 saturated carbocycles. The zero-order chi connectivity index (χ0) is 14.0. The molecule has 0 spiro atoms. The van der Waals surface area contributed by atoms with Crippen molar-refractivity contribution in [1.82, 2.24) is 10.6 Å². The number of piperazine rings is 1. The van der Waals surface area contributed by atoms with Gasteiger partial charge in [0.05, 0.1) is 12.1 Å². The van der Waals surface area contributed by atoms with Crippen LogP contribution in [-0.4, -0.2) is 24.4 Å². The van der Waals surface area contributed by atoms with E-state index in [1.165, 1.54) is 18.2 Å². The third-order valence-electron chi connectivity index (χ3n) is 2.82. The Hall–Kier alpha value is -2.05. The molecule has 0 unspecified atom stereocenters. The predicted molar refractivity (Wildman–Crippen MR) is 60.1 cm³/mol. The summed E-state index contributed by atoms with van der Waals surface area (Å²) in [5.41, 5.74) is -0.806. The molecule has 2 N–H and O–H groups in total. The van der Waals surface area contributed by atoms with Gasteiger partial charge in [-0.1, -0.05) is 18.2 Å². The maximum Gasteiger partial charge on any atom is 0.416 e. The lowest BCUT2D eigenvalue weighted by Gasteiger charge is -2.24. The van der Waals surface area contributed by atoms with Crippen molar-refractivity contribution in [3.05, 3.63) is 35.4 Å². The number of alkyl halides is 3. The molecule has 4 nitrogen and oxygen atoms in total. The molecule has 1 aliphatic rings. The van der Waals surface area contributed by atoms with Gasteiger partial charge in [-0.25, -0.2) is 0 Å². The minimum atomic E-state index is -4.48. The molecule has 1 aliphatic heterocycles. The number of halogens is 3. The van der Waals surface area contributed by atoms with Crippen LogP contribution >= 0.6 is 0 Å². The Morgan fingerprint density at radius 2 is 1.89 bits per heavy atom. The van der Waals surface area contributed by atoms with Crippen LogP contribution in [-0.2, 0) is 22.2 Å². The van der Waals surface area contributed by atoms with Crippen molar-refractivity contribution < 1.29 is 22.8 Å². The summed E-state index contributed by atoms with van der Waals surface area (Å²) in [6.07, 6.45) is -4.67. The number of hydrogen-bond donors (Lipinski definition) is 2. The van der Waals surface area contributed by atoms with E-state index in [2.05, 4.69) is 10.6 Å². The van der Waals surface area contributed by atoms with Crippen LogP contribution in [0.2, 0.25) is 0 Å². The van der Waals surface area contributed by atoms with E-state index < -0.39 is 29.6 Å². The maximum atomic E-state index is 12.8. The van der Waals surface area contributed by atoms with Gasteiger partial charge in [0.1, 0.15) is 6.04 Å². The number of nitrogens with one attached hydrogen (secondary N) is 2. The van der Waals surface area contributed by atoms with E-state index in [4.69, 9.17) is 0 Å². The lowest BCUT2D eigenvalue weighted by molar-refractivity contribution is -0.138. The molecular weight excluding hydrogens is 261 g/mol. The second-order valence-corrected chi connectivity index (χ2v) is 4.20. The van der Waals surface area contributed by atoms with Crippen molar-refractivity contribution in [2.24, 2.45) is 0 Å². The van der Waals surface area contributed by atoms with Crippen LogP contribution < -0.4 is 10.6 Å². The minimum absolute atomic E-state index is 0.0163. The fourth-order valence-corrected chi connectivity index (χ4v) is 1.94. The van der Waals surface area contributed by atoms with E-state index in [1.54, 1.807) is 0 Å². The Kier molecular flexibility index (Phi) is 3.46. The monoisotopic (exact) mass is 272 g/mol. The first kappa shape index (κ1) is 13.4. The topological polar surface area (TPSA) is 58.2 Å². The molecule has 0 bridgehead atoms. The van der Waals surface area contributed by atoms with Crippen molar-refractivity contribution in [1.29, 1.82) is 0 Å². The van der Waals surface area contributed by atoms with Crippen LogP contribution in [0.1, 0.15) is 11.1 Å². The molecule has 1 aromatic rings. The predicted octanol–water partition coefficient (Wildman–Crippen LogP) is 0.862. The van der Waals surface area contributed by atoms with Crippen molar-refractivity contribution in [3.63, 3.8) is 0 Å². The normalized spacial score (nSPS) is 19.8. The molecule has 2 amide bonds. The largest absolute Gasteiger partial charge is 0.416 e. The quantitative estimate of drug-likeness (QED) is 0.839. The fraction of sp³-hybridized carbons (Fsp3) is 0.333. The Balaban J connectivity index is 2.23. The van der Waals surface area contributed by atoms with Crippen LogP contribution in [0.5, 0.6) is 0 Å². The van der Waals surface area contributed by atoms with Gasteiger partial charge in [-0.05, 0) is 11.6 Å². The molecule has 2 rings (SSSR count). The van der Waals surface area contributed by atoms with E-state index >= 15 is 0 Å². The lowest BCUT2D eigenvalue weighted by atomic mass is 9.98. The Bertz CT molecular complexity index is 514. The molecule has 0 radical (unpaired) electrons. The molecular formula is C12H11F3N2O2. The van der Waals surface area contributed by atoms with Crippen molar-refractivity contribution in [2.45, 2.75) is 18.6 Å². The van der Waals surface area contributed by atoms with Gasteiger partial charge >= 0.3 is 6.18 Å². The van der Waals surface area contributed by atoms with Crippen LogP contribution in [0.25, 0.3) is 0 Å². The standard InChI is InChI=1S/C12H11F3N2O2/c13-12(14,15)8-4-2-1-3-7(8)5-9-11(19)16-6-10(18)17-9/h1-4,9H,5-6H2,(H,16,19)(H,17,18)/t9-/m0/s1. The van der Waals surface area contributed by atoms with Gasteiger partial charge in [0.15, 0.2) is 0 Å². The first-order valence-electron chi connectivity index (χ1n) is 5.60. The number of benzene rings is 1. The van der Waals surface area contributed by atoms with Gasteiger partial charge in [-0.15, -0.1) is 0 Å². The summed E-state index contributed by atoms with van der Waals surface area (Å²) in [4.78, 5) is 22.6. The molecule has 1 heterocycles. The first-order valence-corrected chi connectivity index (χ1v) is 5.60. The third kappa shape index (κ3) is 3.04. The Morgan fingerprint density at radius 1 is 1.21 bits per heavy atom. The summed E-state index contributed by atoms with van der Waals surface area (Å²) >= 11 is 0. The number of carbonyl (C=O) groups is 2. The number of carbonyl (C=O) groups excluding carboxylic acids is 2. The smallest absolute Gasteiger partial charge is 0.345 e. The summed E-state index contributed by atoms with van der Waals surface area (Å²) in [7, 11) is 0. The highest BCUT2D eigenvalue weighted by atomic mass is 19.4. The summed E-state index contributed by atoms with van der Waals surface area (Å²) in [5.74, 6) is -0.884. The average molecular weight is 272 g/mol. The molecule has 0 aromatic heterocycles. The maximum absolute atomic E-state index is 12.8. The van der Waals surface area contributed by atoms with E-state index in [0.29, 0.717) is 0 Å². The second-order valence-electron chi connectivity index (χ2n) is 4.20. The Morgan fingerprint density at radius 3 is 2.58 bits per heavy atom. The molecule has 19 heavy (non-hydrogen) atoms. The lowest BCUT2D eigenvalue weighted by Crippen LogP contribution is -2.57. The molecule has 1 fully saturated rings. The molecule has 102 valence electrons. The van der Waals surface area contributed by atoms with Crippen molar-refractivity contribution >= 4 is 11.8 Å². The number of rotatable bonds is 2. The zero-order valence-corrected chi connectivity index (χ0v) is 9.75. The molecule has 0 aliphatic carbocycles. The van der Waals surface area contributed by atoms with Crippen LogP contribution in [0, 0.1) is 0 Å². The molecule has 1 aromatic carbocycles. The van der Waals surface area contributed by atoms with E-state index in [0.717, 1.165) is 6.07 Å². The number of hydrogen-bond acceptors (Lipinski definition) is 2. The Labute approximate surface area is 107 Å². The fourth-order valence-electron chi connectivity index (χ4n) is 1.94. The van der Waals surface area contributed by atoms with Gasteiger partial charge in [-0.2, -0.15) is 13.2 Å². The molecule has 1 atom stereocenters. The second kappa shape index (κ2) is 4.91. The van der Waals surface area contributed by atoms with E-state index in [1.807, 2.05) is 0 Å². The van der Waals surface area contributed by atoms with Crippen LogP contribution in [0.4, 0.5) is 13.2 Å². The average Bonchev–Trinajstić information content (AvgIpc) is 2.33. The summed E-state index contributed by atoms with van der Waals surface area (Å²) in [6.45, 7) is -0.143. The zero-order valence-electron chi connectivity index (χ0n) is 9.75.